The number of rotatable bonds is 2. The number of phenolic OH excluding ortho intramolecular Hbond substituents is 1. The number of benzene rings is 2. The average molecular weight is 359 g/mol. The molecule has 1 aromatic heterocycles. The molecule has 0 radical (unpaired) electrons. The second-order valence-electron chi connectivity index (χ2n) is 7.42. The van der Waals surface area contributed by atoms with E-state index in [9.17, 15) is 9.90 Å². The highest BCUT2D eigenvalue weighted by Gasteiger charge is 2.37. The third-order valence-electron chi connectivity index (χ3n) is 5.87. The van der Waals surface area contributed by atoms with Crippen molar-refractivity contribution in [2.75, 3.05) is 11.4 Å². The molecule has 3 aromatic rings. The molecule has 0 fully saturated rings. The summed E-state index contributed by atoms with van der Waals surface area (Å²) in [4.78, 5) is 22.9. The molecule has 2 N–H and O–H groups in total. The molecule has 1 aliphatic carbocycles. The van der Waals surface area contributed by atoms with Crippen LogP contribution in [0.25, 0.3) is 0 Å². The molecule has 2 unspecified atom stereocenters. The smallest absolute Gasteiger partial charge is 0.230 e. The number of aromatic nitrogens is 2. The summed E-state index contributed by atoms with van der Waals surface area (Å²) >= 11 is 0. The largest absolute Gasteiger partial charge is 0.508 e. The summed E-state index contributed by atoms with van der Waals surface area (Å²) in [5.74, 6) is 0.584. The molecule has 0 saturated carbocycles. The predicted octanol–water partition coefficient (Wildman–Crippen LogP) is 3.40. The van der Waals surface area contributed by atoms with E-state index in [2.05, 4.69) is 16.0 Å². The number of aromatic amines is 1. The molecular formula is C22H21N3O2. The monoisotopic (exact) mass is 359 g/mol. The highest BCUT2D eigenvalue weighted by Crippen LogP contribution is 2.41. The standard InChI is InChI=1S/C22H21N3O2/c26-16-8-5-14(6-9-16)18-12-25(21-4-2-1-3-17(18)21)22(27)15-7-10-19-20(11-15)24-13-23-19/h1-6,8-9,13,15,18,26H,7,10-12H2,(H,23,24). The number of anilines is 1. The van der Waals surface area contributed by atoms with Crippen molar-refractivity contribution in [3.63, 3.8) is 0 Å². The Kier molecular flexibility index (Phi) is 3.74. The van der Waals surface area contributed by atoms with Gasteiger partial charge in [-0.25, -0.2) is 4.98 Å². The molecule has 0 spiro atoms. The molecule has 136 valence electrons. The van der Waals surface area contributed by atoms with Crippen molar-refractivity contribution in [2.45, 2.75) is 25.2 Å². The minimum Gasteiger partial charge on any atom is -0.508 e. The number of nitrogens with one attached hydrogen (secondary N) is 1. The normalized spacial score (nSPS) is 21.0. The van der Waals surface area contributed by atoms with Crippen LogP contribution in [0.5, 0.6) is 5.75 Å². The lowest BCUT2D eigenvalue weighted by atomic mass is 9.88. The first-order chi connectivity index (χ1) is 13.2. The Morgan fingerprint density at radius 1 is 1.15 bits per heavy atom. The molecule has 2 heterocycles. The Hall–Kier alpha value is -3.08. The number of nitrogens with zero attached hydrogens (tertiary/aromatic N) is 2. The quantitative estimate of drug-likeness (QED) is 0.737. The minimum atomic E-state index is -0.00965. The Balaban J connectivity index is 1.45. The second-order valence-corrected chi connectivity index (χ2v) is 7.42. The van der Waals surface area contributed by atoms with Crippen LogP contribution in [0.4, 0.5) is 5.69 Å². The fourth-order valence-corrected chi connectivity index (χ4v) is 4.44. The fraction of sp³-hybridized carbons (Fsp3) is 0.273. The van der Waals surface area contributed by atoms with Crippen LogP contribution in [-0.2, 0) is 17.6 Å². The summed E-state index contributed by atoms with van der Waals surface area (Å²) in [7, 11) is 0. The molecule has 0 saturated heterocycles. The van der Waals surface area contributed by atoms with Crippen LogP contribution in [0.15, 0.2) is 54.9 Å². The van der Waals surface area contributed by atoms with E-state index in [0.717, 1.165) is 41.9 Å². The Morgan fingerprint density at radius 2 is 1.96 bits per heavy atom. The van der Waals surface area contributed by atoms with E-state index >= 15 is 0 Å². The molecular weight excluding hydrogens is 338 g/mol. The number of para-hydroxylation sites is 1. The van der Waals surface area contributed by atoms with E-state index in [-0.39, 0.29) is 23.5 Å². The molecule has 5 nitrogen and oxygen atoms in total. The maximum Gasteiger partial charge on any atom is 0.230 e. The van der Waals surface area contributed by atoms with E-state index in [1.807, 2.05) is 35.2 Å². The van der Waals surface area contributed by atoms with E-state index in [4.69, 9.17) is 0 Å². The van der Waals surface area contributed by atoms with E-state index in [1.165, 1.54) is 5.56 Å². The first-order valence-corrected chi connectivity index (χ1v) is 9.41. The van der Waals surface area contributed by atoms with E-state index < -0.39 is 0 Å². The maximum atomic E-state index is 13.4. The summed E-state index contributed by atoms with van der Waals surface area (Å²) < 4.78 is 0. The van der Waals surface area contributed by atoms with Crippen LogP contribution in [-0.4, -0.2) is 27.5 Å². The third-order valence-corrected chi connectivity index (χ3v) is 5.87. The van der Waals surface area contributed by atoms with Gasteiger partial charge in [-0.2, -0.15) is 0 Å². The van der Waals surface area contributed by atoms with Gasteiger partial charge in [0, 0.05) is 36.2 Å². The van der Waals surface area contributed by atoms with Gasteiger partial charge in [0.1, 0.15) is 5.75 Å². The molecule has 27 heavy (non-hydrogen) atoms. The highest BCUT2D eigenvalue weighted by atomic mass is 16.3. The van der Waals surface area contributed by atoms with Crippen molar-refractivity contribution in [2.24, 2.45) is 5.92 Å². The molecule has 2 aliphatic rings. The lowest BCUT2D eigenvalue weighted by Gasteiger charge is -2.26. The van der Waals surface area contributed by atoms with E-state index in [0.29, 0.717) is 6.54 Å². The molecule has 1 aliphatic heterocycles. The van der Waals surface area contributed by atoms with Crippen molar-refractivity contribution in [3.8, 4) is 5.75 Å². The summed E-state index contributed by atoms with van der Waals surface area (Å²) in [5.41, 5.74) is 5.51. The van der Waals surface area contributed by atoms with Crippen LogP contribution in [0.3, 0.4) is 0 Å². The Morgan fingerprint density at radius 3 is 2.81 bits per heavy atom. The molecule has 5 rings (SSSR count). The van der Waals surface area contributed by atoms with Crippen LogP contribution in [0, 0.1) is 5.92 Å². The van der Waals surface area contributed by atoms with Gasteiger partial charge in [0.25, 0.3) is 0 Å². The summed E-state index contributed by atoms with van der Waals surface area (Å²) in [6, 6.07) is 15.5. The molecule has 1 amide bonds. The van der Waals surface area contributed by atoms with Gasteiger partial charge in [-0.1, -0.05) is 30.3 Å². The van der Waals surface area contributed by atoms with Gasteiger partial charge >= 0.3 is 0 Å². The predicted molar refractivity (Wildman–Crippen MR) is 103 cm³/mol. The van der Waals surface area contributed by atoms with Gasteiger partial charge in [0.2, 0.25) is 5.91 Å². The minimum absolute atomic E-state index is 0.00965. The van der Waals surface area contributed by atoms with Gasteiger partial charge in [-0.15, -0.1) is 0 Å². The number of carbonyl (C=O) groups excluding carboxylic acids is 1. The van der Waals surface area contributed by atoms with Gasteiger partial charge in [-0.05, 0) is 42.2 Å². The Labute approximate surface area is 157 Å². The number of hydrogen-bond donors (Lipinski definition) is 2. The molecule has 2 atom stereocenters. The van der Waals surface area contributed by atoms with Gasteiger partial charge in [0.05, 0.1) is 12.0 Å². The van der Waals surface area contributed by atoms with Gasteiger partial charge < -0.3 is 15.0 Å². The first kappa shape index (κ1) is 16.1. The van der Waals surface area contributed by atoms with Crippen LogP contribution >= 0.6 is 0 Å². The highest BCUT2D eigenvalue weighted by molar-refractivity contribution is 5.98. The topological polar surface area (TPSA) is 69.2 Å². The van der Waals surface area contributed by atoms with Crippen molar-refractivity contribution in [1.82, 2.24) is 9.97 Å². The van der Waals surface area contributed by atoms with Gasteiger partial charge in [-0.3, -0.25) is 4.79 Å². The number of phenols is 1. The first-order valence-electron chi connectivity index (χ1n) is 9.41. The Bertz CT molecular complexity index is 993. The lowest BCUT2D eigenvalue weighted by molar-refractivity contribution is -0.122. The number of imidazole rings is 1. The zero-order chi connectivity index (χ0) is 18.4. The molecule has 2 aromatic carbocycles. The SMILES string of the molecule is O=C(C1CCc2nc[nH]c2C1)N1CC(c2ccc(O)cc2)c2ccccc21. The second kappa shape index (κ2) is 6.27. The summed E-state index contributed by atoms with van der Waals surface area (Å²) in [6.07, 6.45) is 4.16. The summed E-state index contributed by atoms with van der Waals surface area (Å²) in [6.45, 7) is 0.648. The van der Waals surface area contributed by atoms with Crippen molar-refractivity contribution in [1.29, 1.82) is 0 Å². The number of amides is 1. The van der Waals surface area contributed by atoms with E-state index in [1.54, 1.807) is 18.5 Å². The van der Waals surface area contributed by atoms with Crippen LogP contribution in [0.1, 0.15) is 34.9 Å². The number of fused-ring (bicyclic) bond motifs is 2. The zero-order valence-electron chi connectivity index (χ0n) is 14.9. The summed E-state index contributed by atoms with van der Waals surface area (Å²) in [5, 5.41) is 9.59. The number of H-pyrrole nitrogens is 1. The molecule has 0 bridgehead atoms. The van der Waals surface area contributed by atoms with Crippen molar-refractivity contribution < 1.29 is 9.90 Å². The third kappa shape index (κ3) is 2.70. The fourth-order valence-electron chi connectivity index (χ4n) is 4.44. The van der Waals surface area contributed by atoms with Crippen LogP contribution < -0.4 is 4.90 Å². The van der Waals surface area contributed by atoms with Crippen LogP contribution in [0.2, 0.25) is 0 Å². The van der Waals surface area contributed by atoms with Crippen molar-refractivity contribution in [3.05, 3.63) is 77.4 Å². The lowest BCUT2D eigenvalue weighted by Crippen LogP contribution is -2.38. The van der Waals surface area contributed by atoms with Gasteiger partial charge in [0.15, 0.2) is 0 Å². The van der Waals surface area contributed by atoms with Crippen molar-refractivity contribution >= 4 is 11.6 Å². The molecule has 5 heteroatoms. The number of hydrogen-bond acceptors (Lipinski definition) is 3. The number of carbonyl (C=O) groups is 1. The number of aryl methyl sites for hydroxylation is 1. The number of aromatic hydroxyl groups is 1. The maximum absolute atomic E-state index is 13.4. The average Bonchev–Trinajstić information content (AvgIpc) is 3.32. The zero-order valence-corrected chi connectivity index (χ0v) is 14.9.